The summed E-state index contributed by atoms with van der Waals surface area (Å²) in [5, 5.41) is 20.6. The highest BCUT2D eigenvalue weighted by Crippen LogP contribution is 2.52. The zero-order valence-corrected chi connectivity index (χ0v) is 15.2. The maximum atomic E-state index is 12.7. The van der Waals surface area contributed by atoms with Crippen LogP contribution < -0.4 is 30.2 Å². The minimum absolute atomic E-state index is 0.0348. The van der Waals surface area contributed by atoms with E-state index in [0.29, 0.717) is 0 Å². The number of methoxy groups -OCH3 is 4. The molecule has 10 heteroatoms. The van der Waals surface area contributed by atoms with Gasteiger partial charge in [-0.05, 0) is 0 Å². The van der Waals surface area contributed by atoms with Crippen molar-refractivity contribution in [3.8, 4) is 34.5 Å². The molecule has 0 saturated carbocycles. The van der Waals surface area contributed by atoms with Gasteiger partial charge in [-0.25, -0.2) is 9.59 Å². The lowest BCUT2D eigenvalue weighted by Crippen LogP contribution is -2.10. The van der Waals surface area contributed by atoms with E-state index in [9.17, 15) is 19.8 Å². The molecule has 0 spiro atoms. The van der Waals surface area contributed by atoms with Crippen LogP contribution in [-0.4, -0.2) is 38.7 Å². The van der Waals surface area contributed by atoms with Crippen molar-refractivity contribution < 1.29 is 38.0 Å². The highest BCUT2D eigenvalue weighted by molar-refractivity contribution is 6.25. The van der Waals surface area contributed by atoms with E-state index in [4.69, 9.17) is 27.8 Å². The molecule has 146 valence electrons. The van der Waals surface area contributed by atoms with Crippen molar-refractivity contribution in [2.45, 2.75) is 0 Å². The maximum absolute atomic E-state index is 12.7. The Morgan fingerprint density at radius 3 is 1.57 bits per heavy atom. The van der Waals surface area contributed by atoms with Gasteiger partial charge in [-0.15, -0.1) is 0 Å². The van der Waals surface area contributed by atoms with Crippen LogP contribution in [0.5, 0.6) is 34.5 Å². The molecule has 0 amide bonds. The predicted molar refractivity (Wildman–Crippen MR) is 96.8 cm³/mol. The SMILES string of the molecule is COc1c(OC)c2oc(=O)c3c(OC)c(O)c(OC)c4oc(=O)c(c1O)c2c43. The molecule has 2 aromatic heterocycles. The molecule has 0 aliphatic rings. The topological polar surface area (TPSA) is 138 Å². The summed E-state index contributed by atoms with van der Waals surface area (Å²) in [6, 6.07) is 0. The molecule has 0 saturated heterocycles. The molecule has 4 aromatic rings. The Balaban J connectivity index is 2.51. The van der Waals surface area contributed by atoms with Crippen molar-refractivity contribution >= 4 is 32.7 Å². The largest absolute Gasteiger partial charge is 0.504 e. The molecule has 2 heterocycles. The van der Waals surface area contributed by atoms with Gasteiger partial charge in [0.2, 0.25) is 23.0 Å². The summed E-state index contributed by atoms with van der Waals surface area (Å²) >= 11 is 0. The molecule has 0 atom stereocenters. The Labute approximate surface area is 155 Å². The van der Waals surface area contributed by atoms with Crippen LogP contribution in [0.2, 0.25) is 0 Å². The van der Waals surface area contributed by atoms with Gasteiger partial charge in [-0.3, -0.25) is 0 Å². The quantitative estimate of drug-likeness (QED) is 0.393. The first kappa shape index (κ1) is 17.6. The Morgan fingerprint density at radius 2 is 1.04 bits per heavy atom. The van der Waals surface area contributed by atoms with E-state index >= 15 is 0 Å². The Hall–Kier alpha value is -3.82. The summed E-state index contributed by atoms with van der Waals surface area (Å²) in [4.78, 5) is 25.4. The summed E-state index contributed by atoms with van der Waals surface area (Å²) in [7, 11) is 5.01. The number of phenolic OH excluding ortho intramolecular Hbond substituents is 2. The summed E-state index contributed by atoms with van der Waals surface area (Å²) in [5.41, 5.74) is -2.21. The fourth-order valence-corrected chi connectivity index (χ4v) is 3.45. The van der Waals surface area contributed by atoms with Crippen molar-refractivity contribution in [2.75, 3.05) is 28.4 Å². The number of aromatic hydroxyl groups is 2. The number of hydrogen-bond donors (Lipinski definition) is 2. The van der Waals surface area contributed by atoms with Crippen LogP contribution in [0, 0.1) is 0 Å². The predicted octanol–water partition coefficient (Wildman–Crippen LogP) is 1.94. The van der Waals surface area contributed by atoms with Crippen molar-refractivity contribution in [1.29, 1.82) is 0 Å². The number of rotatable bonds is 4. The lowest BCUT2D eigenvalue weighted by Gasteiger charge is -2.17. The Bertz CT molecular complexity index is 1360. The molecule has 28 heavy (non-hydrogen) atoms. The molecule has 0 bridgehead atoms. The minimum atomic E-state index is -0.964. The molecular formula is C18H14O10. The second-order valence-electron chi connectivity index (χ2n) is 5.77. The molecule has 10 nitrogen and oxygen atoms in total. The van der Waals surface area contributed by atoms with Crippen LogP contribution in [0.25, 0.3) is 32.7 Å². The second-order valence-corrected chi connectivity index (χ2v) is 5.77. The molecule has 0 unspecified atom stereocenters. The van der Waals surface area contributed by atoms with Gasteiger partial charge in [0.05, 0.1) is 39.2 Å². The first-order chi connectivity index (χ1) is 13.4. The highest BCUT2D eigenvalue weighted by atomic mass is 16.5. The van der Waals surface area contributed by atoms with E-state index in [-0.39, 0.29) is 55.7 Å². The van der Waals surface area contributed by atoms with Crippen LogP contribution >= 0.6 is 0 Å². The van der Waals surface area contributed by atoms with Crippen molar-refractivity contribution in [3.05, 3.63) is 20.8 Å². The molecule has 4 rings (SSSR count). The summed E-state index contributed by atoms with van der Waals surface area (Å²) in [5.74, 6) is -1.84. The van der Waals surface area contributed by atoms with Crippen molar-refractivity contribution in [2.24, 2.45) is 0 Å². The van der Waals surface area contributed by atoms with E-state index in [1.54, 1.807) is 0 Å². The lowest BCUT2D eigenvalue weighted by molar-refractivity contribution is 0.331. The number of ether oxygens (including phenoxy) is 4. The second kappa shape index (κ2) is 5.84. The molecule has 0 fully saturated rings. The van der Waals surface area contributed by atoms with Gasteiger partial charge in [0, 0.05) is 0 Å². The third-order valence-corrected chi connectivity index (χ3v) is 4.55. The highest BCUT2D eigenvalue weighted by Gasteiger charge is 2.32. The van der Waals surface area contributed by atoms with Gasteiger partial charge in [-0.1, -0.05) is 0 Å². The first-order valence-electron chi connectivity index (χ1n) is 7.87. The van der Waals surface area contributed by atoms with E-state index in [2.05, 4.69) is 0 Å². The third-order valence-electron chi connectivity index (χ3n) is 4.55. The molecular weight excluding hydrogens is 376 g/mol. The lowest BCUT2D eigenvalue weighted by atomic mass is 10.00. The zero-order valence-electron chi connectivity index (χ0n) is 15.2. The van der Waals surface area contributed by atoms with E-state index in [1.165, 1.54) is 28.4 Å². The van der Waals surface area contributed by atoms with Crippen LogP contribution in [0.1, 0.15) is 0 Å². The van der Waals surface area contributed by atoms with Gasteiger partial charge >= 0.3 is 11.3 Å². The molecule has 0 aliphatic carbocycles. The summed E-state index contributed by atoms with van der Waals surface area (Å²) < 4.78 is 31.3. The van der Waals surface area contributed by atoms with Gasteiger partial charge in [-0.2, -0.15) is 0 Å². The van der Waals surface area contributed by atoms with Crippen LogP contribution in [-0.2, 0) is 0 Å². The van der Waals surface area contributed by atoms with Crippen molar-refractivity contribution in [3.63, 3.8) is 0 Å². The normalized spacial score (nSPS) is 11.4. The van der Waals surface area contributed by atoms with Crippen molar-refractivity contribution in [1.82, 2.24) is 0 Å². The minimum Gasteiger partial charge on any atom is -0.504 e. The third kappa shape index (κ3) is 1.91. The number of benzene rings is 2. The summed E-state index contributed by atoms with van der Waals surface area (Å²) in [6.07, 6.45) is 0. The average molecular weight is 390 g/mol. The first-order valence-corrected chi connectivity index (χ1v) is 7.87. The molecule has 2 aromatic carbocycles. The van der Waals surface area contributed by atoms with E-state index in [1.807, 2.05) is 0 Å². The monoisotopic (exact) mass is 390 g/mol. The van der Waals surface area contributed by atoms with Crippen LogP contribution in [0.15, 0.2) is 18.4 Å². The van der Waals surface area contributed by atoms with Gasteiger partial charge in [0.15, 0.2) is 22.7 Å². The average Bonchev–Trinajstić information content (AvgIpc) is 2.67. The van der Waals surface area contributed by atoms with E-state index in [0.717, 1.165) is 0 Å². The Kier molecular flexibility index (Phi) is 3.67. The molecule has 0 aliphatic heterocycles. The molecule has 0 radical (unpaired) electrons. The number of hydrogen-bond acceptors (Lipinski definition) is 10. The zero-order chi connectivity index (χ0) is 20.3. The van der Waals surface area contributed by atoms with E-state index < -0.39 is 22.8 Å². The fourth-order valence-electron chi connectivity index (χ4n) is 3.45. The van der Waals surface area contributed by atoms with Gasteiger partial charge in [0.25, 0.3) is 0 Å². The smallest absolute Gasteiger partial charge is 0.348 e. The molecule has 2 N–H and O–H groups in total. The number of phenols is 2. The van der Waals surface area contributed by atoms with Crippen LogP contribution in [0.3, 0.4) is 0 Å². The Morgan fingerprint density at radius 1 is 0.571 bits per heavy atom. The standard InChI is InChI=1S/C18H14O10/c1-23-11-8-6-5-7(17(21)27-12(6)15(25-3)10(11)20)9(19)14(24-2)16(26-4)13(5)28-18(8)22/h19-20H,1-4H3. The maximum Gasteiger partial charge on any atom is 0.348 e. The summed E-state index contributed by atoms with van der Waals surface area (Å²) in [6.45, 7) is 0. The fraction of sp³-hybridized carbons (Fsp3) is 0.222. The van der Waals surface area contributed by atoms with Crippen LogP contribution in [0.4, 0.5) is 0 Å². The van der Waals surface area contributed by atoms with Gasteiger partial charge in [0.1, 0.15) is 10.8 Å². The van der Waals surface area contributed by atoms with Gasteiger partial charge < -0.3 is 38.0 Å².